The summed E-state index contributed by atoms with van der Waals surface area (Å²) in [4.78, 5) is 26.1. The smallest absolute Gasteiger partial charge is 0.328 e. The average Bonchev–Trinajstić information content (AvgIpc) is 2.64. The summed E-state index contributed by atoms with van der Waals surface area (Å²) < 4.78 is 0. The Morgan fingerprint density at radius 2 is 1.95 bits per heavy atom. The largest absolute Gasteiger partial charge is 0.334 e. The van der Waals surface area contributed by atoms with Crippen molar-refractivity contribution in [3.63, 3.8) is 0 Å². The van der Waals surface area contributed by atoms with Gasteiger partial charge in [0.25, 0.3) is 0 Å². The molecule has 5 heteroatoms. The van der Waals surface area contributed by atoms with Crippen LogP contribution in [0, 0.1) is 5.92 Å². The number of anilines is 1. The van der Waals surface area contributed by atoms with Crippen LogP contribution in [0.25, 0.3) is 0 Å². The highest BCUT2D eigenvalue weighted by molar-refractivity contribution is 6.31. The van der Waals surface area contributed by atoms with E-state index >= 15 is 0 Å². The Morgan fingerprint density at radius 3 is 2.75 bits per heavy atom. The number of carbonyl (C=O) groups excluding carboxylic acids is 2. The van der Waals surface area contributed by atoms with Crippen LogP contribution in [0.2, 0.25) is 5.02 Å². The van der Waals surface area contributed by atoms with Crippen molar-refractivity contribution in [2.24, 2.45) is 5.92 Å². The van der Waals surface area contributed by atoms with Crippen molar-refractivity contribution in [1.29, 1.82) is 0 Å². The van der Waals surface area contributed by atoms with E-state index in [2.05, 4.69) is 5.32 Å². The second-order valence-electron chi connectivity index (χ2n) is 5.45. The van der Waals surface area contributed by atoms with Gasteiger partial charge in [0, 0.05) is 11.1 Å². The number of rotatable bonds is 1. The van der Waals surface area contributed by atoms with Crippen LogP contribution in [0.15, 0.2) is 24.3 Å². The molecule has 0 spiro atoms. The SMILES string of the molecule is O=C1NC2CCCCCC2C(=O)N1c1cccc(Cl)c1. The number of urea groups is 1. The fourth-order valence-corrected chi connectivity index (χ4v) is 3.31. The molecule has 1 aromatic rings. The highest BCUT2D eigenvalue weighted by Crippen LogP contribution is 2.31. The third kappa shape index (κ3) is 2.40. The zero-order chi connectivity index (χ0) is 14.1. The lowest BCUT2D eigenvalue weighted by Gasteiger charge is -2.36. The molecular weight excluding hydrogens is 276 g/mol. The van der Waals surface area contributed by atoms with Crippen LogP contribution in [-0.2, 0) is 4.79 Å². The number of halogens is 1. The molecule has 106 valence electrons. The Morgan fingerprint density at radius 1 is 1.15 bits per heavy atom. The van der Waals surface area contributed by atoms with Gasteiger partial charge in [0.1, 0.15) is 0 Å². The van der Waals surface area contributed by atoms with Crippen molar-refractivity contribution in [1.82, 2.24) is 5.32 Å². The van der Waals surface area contributed by atoms with E-state index in [4.69, 9.17) is 11.6 Å². The number of benzene rings is 1. The molecule has 1 aliphatic carbocycles. The molecule has 1 aromatic carbocycles. The normalized spacial score (nSPS) is 26.8. The average molecular weight is 293 g/mol. The Labute approximate surface area is 123 Å². The maximum Gasteiger partial charge on any atom is 0.328 e. The van der Waals surface area contributed by atoms with E-state index in [1.807, 2.05) is 0 Å². The summed E-state index contributed by atoms with van der Waals surface area (Å²) in [6.45, 7) is 0. The van der Waals surface area contributed by atoms with Crippen molar-refractivity contribution in [2.45, 2.75) is 38.1 Å². The fourth-order valence-electron chi connectivity index (χ4n) is 3.12. The lowest BCUT2D eigenvalue weighted by molar-refractivity contribution is -0.123. The molecule has 20 heavy (non-hydrogen) atoms. The van der Waals surface area contributed by atoms with Crippen LogP contribution in [0.1, 0.15) is 32.1 Å². The summed E-state index contributed by atoms with van der Waals surface area (Å²) in [7, 11) is 0. The summed E-state index contributed by atoms with van der Waals surface area (Å²) in [5, 5.41) is 3.50. The van der Waals surface area contributed by atoms with Crippen LogP contribution < -0.4 is 10.2 Å². The van der Waals surface area contributed by atoms with E-state index in [0.717, 1.165) is 32.1 Å². The number of amides is 3. The van der Waals surface area contributed by atoms with Gasteiger partial charge in [-0.2, -0.15) is 0 Å². The zero-order valence-electron chi connectivity index (χ0n) is 11.1. The predicted molar refractivity (Wildman–Crippen MR) is 77.8 cm³/mol. The Kier molecular flexibility index (Phi) is 3.66. The quantitative estimate of drug-likeness (QED) is 0.863. The van der Waals surface area contributed by atoms with Gasteiger partial charge in [0.15, 0.2) is 0 Å². The minimum Gasteiger partial charge on any atom is -0.334 e. The molecule has 0 radical (unpaired) electrons. The molecule has 2 unspecified atom stereocenters. The first-order valence-electron chi connectivity index (χ1n) is 7.07. The van der Waals surface area contributed by atoms with Gasteiger partial charge in [-0.05, 0) is 31.0 Å². The molecule has 3 amide bonds. The van der Waals surface area contributed by atoms with Gasteiger partial charge in [-0.25, -0.2) is 9.69 Å². The van der Waals surface area contributed by atoms with Crippen molar-refractivity contribution in [2.75, 3.05) is 4.90 Å². The van der Waals surface area contributed by atoms with E-state index in [9.17, 15) is 9.59 Å². The van der Waals surface area contributed by atoms with E-state index in [-0.39, 0.29) is 23.9 Å². The third-order valence-corrected chi connectivity index (χ3v) is 4.37. The molecule has 0 bridgehead atoms. The summed E-state index contributed by atoms with van der Waals surface area (Å²) in [5.74, 6) is -0.197. The highest BCUT2D eigenvalue weighted by Gasteiger charge is 2.41. The summed E-state index contributed by atoms with van der Waals surface area (Å²) in [6.07, 6.45) is 5.00. The molecule has 1 aliphatic heterocycles. The maximum atomic E-state index is 12.7. The number of hydrogen-bond acceptors (Lipinski definition) is 2. The van der Waals surface area contributed by atoms with Crippen LogP contribution in [-0.4, -0.2) is 18.0 Å². The maximum absolute atomic E-state index is 12.7. The van der Waals surface area contributed by atoms with Crippen LogP contribution in [0.4, 0.5) is 10.5 Å². The summed E-state index contributed by atoms with van der Waals surface area (Å²) in [6, 6.07) is 6.52. The number of imide groups is 1. The van der Waals surface area contributed by atoms with Gasteiger partial charge >= 0.3 is 6.03 Å². The number of hydrogen-bond donors (Lipinski definition) is 1. The number of nitrogens with zero attached hydrogens (tertiary/aromatic N) is 1. The molecule has 0 aromatic heterocycles. The first-order valence-corrected chi connectivity index (χ1v) is 7.44. The fraction of sp³-hybridized carbons (Fsp3) is 0.467. The van der Waals surface area contributed by atoms with Crippen molar-refractivity contribution < 1.29 is 9.59 Å². The molecule has 1 heterocycles. The molecule has 2 atom stereocenters. The molecule has 1 N–H and O–H groups in total. The molecule has 1 saturated heterocycles. The zero-order valence-corrected chi connectivity index (χ0v) is 11.9. The van der Waals surface area contributed by atoms with Gasteiger partial charge in [0.2, 0.25) is 5.91 Å². The Bertz CT molecular complexity index is 546. The van der Waals surface area contributed by atoms with Gasteiger partial charge < -0.3 is 5.32 Å². The first kappa shape index (κ1) is 13.4. The van der Waals surface area contributed by atoms with E-state index in [1.165, 1.54) is 4.90 Å². The van der Waals surface area contributed by atoms with E-state index in [1.54, 1.807) is 24.3 Å². The van der Waals surface area contributed by atoms with Crippen LogP contribution in [0.5, 0.6) is 0 Å². The Hall–Kier alpha value is -1.55. The molecule has 4 nitrogen and oxygen atoms in total. The minimum absolute atomic E-state index is 0.00654. The van der Waals surface area contributed by atoms with Gasteiger partial charge in [0.05, 0.1) is 11.6 Å². The second kappa shape index (κ2) is 5.44. The van der Waals surface area contributed by atoms with Gasteiger partial charge in [-0.1, -0.05) is 36.9 Å². The highest BCUT2D eigenvalue weighted by atomic mass is 35.5. The van der Waals surface area contributed by atoms with Crippen LogP contribution >= 0.6 is 11.6 Å². The Balaban J connectivity index is 1.92. The van der Waals surface area contributed by atoms with Crippen molar-refractivity contribution in [3.05, 3.63) is 29.3 Å². The summed E-state index contributed by atoms with van der Waals surface area (Å²) in [5.41, 5.74) is 0.544. The number of carbonyl (C=O) groups is 2. The molecule has 1 saturated carbocycles. The van der Waals surface area contributed by atoms with Gasteiger partial charge in [-0.15, -0.1) is 0 Å². The molecule has 2 aliphatic rings. The lowest BCUT2D eigenvalue weighted by atomic mass is 9.91. The second-order valence-corrected chi connectivity index (χ2v) is 5.89. The van der Waals surface area contributed by atoms with Crippen LogP contribution in [0.3, 0.4) is 0 Å². The van der Waals surface area contributed by atoms with Crippen molar-refractivity contribution in [3.8, 4) is 0 Å². The monoisotopic (exact) mass is 292 g/mol. The first-order chi connectivity index (χ1) is 9.66. The lowest BCUT2D eigenvalue weighted by Crippen LogP contribution is -2.60. The topological polar surface area (TPSA) is 49.4 Å². The standard InChI is InChI=1S/C15H17ClN2O2/c16-10-5-4-6-11(9-10)18-14(19)12-7-2-1-3-8-13(12)17-15(18)20/h4-6,9,12-13H,1-3,7-8H2,(H,17,20). The molecule has 2 fully saturated rings. The minimum atomic E-state index is -0.333. The number of nitrogens with one attached hydrogen (secondary N) is 1. The molecule has 3 rings (SSSR count). The van der Waals surface area contributed by atoms with Gasteiger partial charge in [-0.3, -0.25) is 4.79 Å². The number of fused-ring (bicyclic) bond motifs is 1. The molecular formula is C15H17ClN2O2. The van der Waals surface area contributed by atoms with E-state index in [0.29, 0.717) is 10.7 Å². The predicted octanol–water partition coefficient (Wildman–Crippen LogP) is 3.35. The van der Waals surface area contributed by atoms with E-state index < -0.39 is 0 Å². The summed E-state index contributed by atoms with van der Waals surface area (Å²) >= 11 is 5.95. The third-order valence-electron chi connectivity index (χ3n) is 4.13. The van der Waals surface area contributed by atoms with Crippen molar-refractivity contribution >= 4 is 29.2 Å².